The molecular formula is C9H11N5O2S2. The van der Waals surface area contributed by atoms with Gasteiger partial charge in [-0.3, -0.25) is 4.72 Å². The van der Waals surface area contributed by atoms with Crippen molar-refractivity contribution < 1.29 is 8.42 Å². The van der Waals surface area contributed by atoms with Crippen LogP contribution >= 0.6 is 11.3 Å². The molecule has 2 aromatic heterocycles. The molecule has 2 N–H and O–H groups in total. The number of nitrogens with zero attached hydrogens (tertiary/aromatic N) is 3. The number of aromatic nitrogens is 3. The van der Waals surface area contributed by atoms with E-state index in [0.29, 0.717) is 11.1 Å². The molecule has 0 saturated heterocycles. The monoisotopic (exact) mass is 285 g/mol. The highest BCUT2D eigenvalue weighted by molar-refractivity contribution is 7.93. The normalized spacial score (nSPS) is 11.2. The van der Waals surface area contributed by atoms with Crippen LogP contribution in [0.4, 0.5) is 11.1 Å². The van der Waals surface area contributed by atoms with E-state index in [2.05, 4.69) is 25.0 Å². The number of thiazole rings is 1. The number of hydrogen-bond acceptors (Lipinski definition) is 7. The number of anilines is 2. The lowest BCUT2D eigenvalue weighted by atomic mass is 10.7. The van der Waals surface area contributed by atoms with E-state index < -0.39 is 10.0 Å². The highest BCUT2D eigenvalue weighted by atomic mass is 32.2. The SMILES string of the molecule is CNc1ncc(S(=O)(=O)Nc2ncc(C)s2)cn1. The second-order valence-electron chi connectivity index (χ2n) is 3.37. The van der Waals surface area contributed by atoms with E-state index in [4.69, 9.17) is 0 Å². The van der Waals surface area contributed by atoms with Gasteiger partial charge < -0.3 is 5.32 Å². The lowest BCUT2D eigenvalue weighted by molar-refractivity contribution is 0.600. The van der Waals surface area contributed by atoms with Crippen LogP contribution < -0.4 is 10.0 Å². The van der Waals surface area contributed by atoms with Crippen LogP contribution in [0.25, 0.3) is 0 Å². The molecule has 0 aliphatic carbocycles. The standard InChI is InChI=1S/C9H11N5O2S2/c1-6-3-13-9(17-6)14-18(15,16)7-4-11-8(10-2)12-5-7/h3-5H,1-2H3,(H,13,14)(H,10,11,12). The van der Waals surface area contributed by atoms with E-state index in [-0.39, 0.29) is 4.90 Å². The fourth-order valence-corrected chi connectivity index (χ4v) is 2.95. The van der Waals surface area contributed by atoms with Crippen molar-refractivity contribution in [2.45, 2.75) is 11.8 Å². The zero-order valence-electron chi connectivity index (χ0n) is 9.71. The van der Waals surface area contributed by atoms with E-state index in [0.717, 1.165) is 4.88 Å². The van der Waals surface area contributed by atoms with Crippen molar-refractivity contribution in [3.05, 3.63) is 23.5 Å². The van der Waals surface area contributed by atoms with Crippen LogP contribution in [0.15, 0.2) is 23.5 Å². The van der Waals surface area contributed by atoms with E-state index in [9.17, 15) is 8.42 Å². The molecule has 0 radical (unpaired) electrons. The van der Waals surface area contributed by atoms with Crippen molar-refractivity contribution in [1.29, 1.82) is 0 Å². The number of aryl methyl sites for hydroxylation is 1. The predicted molar refractivity (Wildman–Crippen MR) is 69.2 cm³/mol. The number of hydrogen-bond donors (Lipinski definition) is 2. The summed E-state index contributed by atoms with van der Waals surface area (Å²) >= 11 is 1.26. The molecule has 0 amide bonds. The van der Waals surface area contributed by atoms with Crippen LogP contribution in [0, 0.1) is 6.92 Å². The van der Waals surface area contributed by atoms with Crippen LogP contribution in [0.2, 0.25) is 0 Å². The van der Waals surface area contributed by atoms with Crippen LogP contribution in [-0.4, -0.2) is 30.4 Å². The Hall–Kier alpha value is -1.74. The second-order valence-corrected chi connectivity index (χ2v) is 6.29. The molecule has 2 aromatic rings. The van der Waals surface area contributed by atoms with Gasteiger partial charge in [0.25, 0.3) is 10.0 Å². The third kappa shape index (κ3) is 2.74. The Balaban J connectivity index is 2.24. The van der Waals surface area contributed by atoms with E-state index in [1.165, 1.54) is 23.7 Å². The van der Waals surface area contributed by atoms with Crippen LogP contribution in [0.5, 0.6) is 0 Å². The summed E-state index contributed by atoms with van der Waals surface area (Å²) in [5.74, 6) is 0.360. The first-order valence-electron chi connectivity index (χ1n) is 4.96. The van der Waals surface area contributed by atoms with Gasteiger partial charge in [-0.25, -0.2) is 23.4 Å². The molecule has 96 valence electrons. The molecule has 0 unspecified atom stereocenters. The van der Waals surface area contributed by atoms with Gasteiger partial charge in [-0.15, -0.1) is 11.3 Å². The summed E-state index contributed by atoms with van der Waals surface area (Å²) in [6.45, 7) is 1.85. The summed E-state index contributed by atoms with van der Waals surface area (Å²) in [6, 6.07) is 0. The average Bonchev–Trinajstić information content (AvgIpc) is 2.74. The minimum Gasteiger partial charge on any atom is -0.357 e. The van der Waals surface area contributed by atoms with Crippen molar-refractivity contribution in [2.75, 3.05) is 17.1 Å². The van der Waals surface area contributed by atoms with Crippen molar-refractivity contribution in [3.8, 4) is 0 Å². The molecule has 0 aliphatic rings. The minimum absolute atomic E-state index is 0.00523. The molecule has 2 rings (SSSR count). The first-order valence-corrected chi connectivity index (χ1v) is 7.26. The van der Waals surface area contributed by atoms with E-state index in [1.807, 2.05) is 6.92 Å². The summed E-state index contributed by atoms with van der Waals surface area (Å²) in [5.41, 5.74) is 0. The molecule has 9 heteroatoms. The van der Waals surface area contributed by atoms with Gasteiger partial charge in [-0.2, -0.15) is 0 Å². The lowest BCUT2D eigenvalue weighted by Crippen LogP contribution is -2.13. The maximum atomic E-state index is 12.0. The topological polar surface area (TPSA) is 96.9 Å². The van der Waals surface area contributed by atoms with Gasteiger partial charge in [-0.1, -0.05) is 0 Å². The molecule has 0 bridgehead atoms. The largest absolute Gasteiger partial charge is 0.357 e. The summed E-state index contributed by atoms with van der Waals surface area (Å²) in [4.78, 5) is 12.6. The van der Waals surface area contributed by atoms with Gasteiger partial charge in [0, 0.05) is 18.1 Å². The summed E-state index contributed by atoms with van der Waals surface area (Å²) in [7, 11) is -2.03. The molecule has 0 aliphatic heterocycles. The minimum atomic E-state index is -3.68. The maximum absolute atomic E-state index is 12.0. The molecule has 0 spiro atoms. The number of nitrogens with one attached hydrogen (secondary N) is 2. The Morgan fingerprint density at radius 1 is 1.17 bits per heavy atom. The van der Waals surface area contributed by atoms with Crippen molar-refractivity contribution >= 4 is 32.4 Å². The van der Waals surface area contributed by atoms with Gasteiger partial charge >= 0.3 is 0 Å². The van der Waals surface area contributed by atoms with Gasteiger partial charge in [0.2, 0.25) is 5.95 Å². The molecule has 0 atom stereocenters. The Bertz CT molecular complexity index is 635. The zero-order chi connectivity index (χ0) is 13.2. The number of rotatable bonds is 4. The quantitative estimate of drug-likeness (QED) is 0.872. The zero-order valence-corrected chi connectivity index (χ0v) is 11.3. The Morgan fingerprint density at radius 2 is 1.83 bits per heavy atom. The highest BCUT2D eigenvalue weighted by Crippen LogP contribution is 2.20. The van der Waals surface area contributed by atoms with Crippen molar-refractivity contribution in [2.24, 2.45) is 0 Å². The second kappa shape index (κ2) is 4.86. The van der Waals surface area contributed by atoms with Crippen LogP contribution in [0.3, 0.4) is 0 Å². The first kappa shape index (κ1) is 12.7. The smallest absolute Gasteiger partial charge is 0.266 e. The van der Waals surface area contributed by atoms with E-state index in [1.54, 1.807) is 13.2 Å². The van der Waals surface area contributed by atoms with Gasteiger partial charge in [0.05, 0.1) is 12.4 Å². The molecule has 0 fully saturated rings. The third-order valence-electron chi connectivity index (χ3n) is 2.01. The predicted octanol–water partition coefficient (Wildman–Crippen LogP) is 1.08. The van der Waals surface area contributed by atoms with E-state index >= 15 is 0 Å². The van der Waals surface area contributed by atoms with Crippen molar-refractivity contribution in [1.82, 2.24) is 15.0 Å². The molecule has 7 nitrogen and oxygen atoms in total. The van der Waals surface area contributed by atoms with Gasteiger partial charge in [0.1, 0.15) is 4.90 Å². The highest BCUT2D eigenvalue weighted by Gasteiger charge is 2.16. The summed E-state index contributed by atoms with van der Waals surface area (Å²) in [6.07, 6.45) is 4.08. The lowest BCUT2D eigenvalue weighted by Gasteiger charge is -2.04. The molecule has 18 heavy (non-hydrogen) atoms. The number of sulfonamides is 1. The van der Waals surface area contributed by atoms with Crippen LogP contribution in [-0.2, 0) is 10.0 Å². The third-order valence-corrected chi connectivity index (χ3v) is 4.26. The fraction of sp³-hybridized carbons (Fsp3) is 0.222. The first-order chi connectivity index (χ1) is 8.51. The summed E-state index contributed by atoms with van der Waals surface area (Å²) < 4.78 is 26.3. The van der Waals surface area contributed by atoms with Gasteiger partial charge in [0.15, 0.2) is 5.13 Å². The molecular weight excluding hydrogens is 274 g/mol. The average molecular weight is 285 g/mol. The fourth-order valence-electron chi connectivity index (χ4n) is 1.16. The van der Waals surface area contributed by atoms with Crippen LogP contribution in [0.1, 0.15) is 4.88 Å². The maximum Gasteiger partial charge on any atom is 0.266 e. The molecule has 0 saturated carbocycles. The summed E-state index contributed by atoms with van der Waals surface area (Å²) in [5, 5.41) is 3.04. The van der Waals surface area contributed by atoms with Gasteiger partial charge in [-0.05, 0) is 6.92 Å². The Kier molecular flexibility index (Phi) is 3.43. The molecule has 2 heterocycles. The Labute approximate surface area is 108 Å². The van der Waals surface area contributed by atoms with Crippen molar-refractivity contribution in [3.63, 3.8) is 0 Å². The Morgan fingerprint density at radius 3 is 2.33 bits per heavy atom. The molecule has 0 aromatic carbocycles.